The molecule has 1 unspecified atom stereocenters. The first-order chi connectivity index (χ1) is 4.02. The van der Waals surface area contributed by atoms with Gasteiger partial charge in [0.25, 0.3) is 0 Å². The van der Waals surface area contributed by atoms with Crippen LogP contribution in [0, 0.1) is 0 Å². The molecule has 0 fully saturated rings. The quantitative estimate of drug-likeness (QED) is 0.485. The van der Waals surface area contributed by atoms with E-state index < -0.39 is 5.54 Å². The Balaban J connectivity index is 2.89. The van der Waals surface area contributed by atoms with E-state index in [9.17, 15) is 4.79 Å². The van der Waals surface area contributed by atoms with Gasteiger partial charge in [0.05, 0.1) is 5.54 Å². The molecule has 3 heteroatoms. The summed E-state index contributed by atoms with van der Waals surface area (Å²) in [6, 6.07) is 0. The first-order valence-corrected chi connectivity index (χ1v) is 2.75. The highest BCUT2D eigenvalue weighted by Gasteiger charge is 2.32. The summed E-state index contributed by atoms with van der Waals surface area (Å²) in [6.45, 7) is 1.63. The second-order valence-electron chi connectivity index (χ2n) is 2.59. The maximum Gasteiger partial charge on any atom is 0.161 e. The van der Waals surface area contributed by atoms with Crippen LogP contribution in [0.2, 0.25) is 0 Å². The molecule has 1 rings (SSSR count). The van der Waals surface area contributed by atoms with Crippen molar-refractivity contribution < 1.29 is 9.90 Å². The van der Waals surface area contributed by atoms with Crippen LogP contribution >= 0.6 is 0 Å². The molecule has 9 heavy (non-hydrogen) atoms. The lowest BCUT2D eigenvalue weighted by molar-refractivity contribution is -0.114. The zero-order valence-corrected chi connectivity index (χ0v) is 5.22. The molecule has 0 aliphatic heterocycles. The molecule has 0 radical (unpaired) electrons. The normalized spacial score (nSPS) is 34.9. The van der Waals surface area contributed by atoms with Gasteiger partial charge in [-0.1, -0.05) is 0 Å². The Morgan fingerprint density at radius 1 is 1.89 bits per heavy atom. The minimum atomic E-state index is -0.808. The number of hydrogen-bond acceptors (Lipinski definition) is 3. The Labute approximate surface area is 53.2 Å². The van der Waals surface area contributed by atoms with Gasteiger partial charge in [-0.2, -0.15) is 0 Å². The Hall–Kier alpha value is -0.830. The standard InChI is InChI=1S/C6H9NO2/c1-6(7)3-4(8)2-5(6)9/h2,9H,3,7H2,1H3. The lowest BCUT2D eigenvalue weighted by atomic mass is 10.0. The molecule has 1 aliphatic rings. The summed E-state index contributed by atoms with van der Waals surface area (Å²) in [6.07, 6.45) is 1.40. The second kappa shape index (κ2) is 1.57. The van der Waals surface area contributed by atoms with Gasteiger partial charge in [-0.3, -0.25) is 4.79 Å². The number of rotatable bonds is 0. The van der Waals surface area contributed by atoms with Crippen LogP contribution in [0.25, 0.3) is 0 Å². The van der Waals surface area contributed by atoms with Crippen molar-refractivity contribution in [2.45, 2.75) is 18.9 Å². The van der Waals surface area contributed by atoms with Crippen LogP contribution in [0.1, 0.15) is 13.3 Å². The highest BCUT2D eigenvalue weighted by atomic mass is 16.3. The molecule has 0 spiro atoms. The second-order valence-corrected chi connectivity index (χ2v) is 2.59. The van der Waals surface area contributed by atoms with Gasteiger partial charge in [-0.25, -0.2) is 0 Å². The minimum Gasteiger partial charge on any atom is -0.510 e. The van der Waals surface area contributed by atoms with E-state index in [1.165, 1.54) is 6.08 Å². The minimum absolute atomic E-state index is 0.00694. The summed E-state index contributed by atoms with van der Waals surface area (Å²) in [4.78, 5) is 10.6. The Morgan fingerprint density at radius 2 is 2.44 bits per heavy atom. The maximum absolute atomic E-state index is 10.6. The highest BCUT2D eigenvalue weighted by Crippen LogP contribution is 2.22. The Morgan fingerprint density at radius 3 is 2.56 bits per heavy atom. The zero-order chi connectivity index (χ0) is 7.07. The SMILES string of the molecule is CC1(N)CC(=O)C=C1O. The number of ketones is 1. The van der Waals surface area contributed by atoms with Crippen molar-refractivity contribution in [1.82, 2.24) is 0 Å². The van der Waals surface area contributed by atoms with Crippen molar-refractivity contribution in [3.63, 3.8) is 0 Å². The summed E-state index contributed by atoms with van der Waals surface area (Å²) in [5, 5.41) is 8.94. The molecule has 0 aromatic rings. The molecule has 0 saturated carbocycles. The first kappa shape index (κ1) is 6.29. The van der Waals surface area contributed by atoms with Gasteiger partial charge in [-0.15, -0.1) is 0 Å². The van der Waals surface area contributed by atoms with Crippen LogP contribution in [-0.2, 0) is 4.79 Å². The third kappa shape index (κ3) is 0.954. The lowest BCUT2D eigenvalue weighted by Crippen LogP contribution is -2.36. The number of nitrogens with two attached hydrogens (primary N) is 1. The van der Waals surface area contributed by atoms with Crippen molar-refractivity contribution in [2.24, 2.45) is 5.73 Å². The smallest absolute Gasteiger partial charge is 0.161 e. The van der Waals surface area contributed by atoms with Crippen molar-refractivity contribution >= 4 is 5.78 Å². The number of hydrogen-bond donors (Lipinski definition) is 2. The van der Waals surface area contributed by atoms with Gasteiger partial charge in [0.2, 0.25) is 0 Å². The van der Waals surface area contributed by atoms with Crippen LogP contribution in [0.4, 0.5) is 0 Å². The summed E-state index contributed by atoms with van der Waals surface area (Å²) in [7, 11) is 0. The van der Waals surface area contributed by atoms with E-state index in [-0.39, 0.29) is 18.0 Å². The number of aliphatic hydroxyl groups excluding tert-OH is 1. The highest BCUT2D eigenvalue weighted by molar-refractivity contribution is 5.94. The maximum atomic E-state index is 10.6. The number of allylic oxidation sites excluding steroid dienone is 1. The molecule has 0 aromatic heterocycles. The number of aliphatic hydroxyl groups is 1. The van der Waals surface area contributed by atoms with E-state index in [4.69, 9.17) is 10.8 Å². The van der Waals surface area contributed by atoms with Crippen molar-refractivity contribution in [3.8, 4) is 0 Å². The van der Waals surface area contributed by atoms with Gasteiger partial charge < -0.3 is 10.8 Å². The number of carbonyl (C=O) groups excluding carboxylic acids is 1. The van der Waals surface area contributed by atoms with Crippen molar-refractivity contribution in [2.75, 3.05) is 0 Å². The zero-order valence-electron chi connectivity index (χ0n) is 5.22. The topological polar surface area (TPSA) is 63.3 Å². The molecule has 3 N–H and O–H groups in total. The van der Waals surface area contributed by atoms with Crippen LogP contribution < -0.4 is 5.73 Å². The fourth-order valence-corrected chi connectivity index (χ4v) is 0.821. The van der Waals surface area contributed by atoms with Crippen molar-refractivity contribution in [3.05, 3.63) is 11.8 Å². The van der Waals surface area contributed by atoms with E-state index in [0.29, 0.717) is 0 Å². The summed E-state index contributed by atoms with van der Waals surface area (Å²) >= 11 is 0. The molecule has 1 atom stereocenters. The van der Waals surface area contributed by atoms with Crippen LogP contribution in [0.3, 0.4) is 0 Å². The van der Waals surface area contributed by atoms with E-state index >= 15 is 0 Å². The molecular weight excluding hydrogens is 118 g/mol. The molecule has 0 bridgehead atoms. The van der Waals surface area contributed by atoms with Gasteiger partial charge in [0.1, 0.15) is 5.76 Å². The lowest BCUT2D eigenvalue weighted by Gasteiger charge is -2.15. The molecule has 3 nitrogen and oxygen atoms in total. The van der Waals surface area contributed by atoms with Gasteiger partial charge in [0, 0.05) is 12.5 Å². The van der Waals surface area contributed by atoms with Crippen LogP contribution in [-0.4, -0.2) is 16.4 Å². The van der Waals surface area contributed by atoms with E-state index in [1.807, 2.05) is 0 Å². The molecule has 0 aromatic carbocycles. The largest absolute Gasteiger partial charge is 0.510 e. The Bertz CT molecular complexity index is 181. The van der Waals surface area contributed by atoms with Crippen LogP contribution in [0.5, 0.6) is 0 Å². The van der Waals surface area contributed by atoms with Gasteiger partial charge >= 0.3 is 0 Å². The molecule has 0 heterocycles. The van der Waals surface area contributed by atoms with Gasteiger partial charge in [-0.05, 0) is 6.92 Å². The monoisotopic (exact) mass is 127 g/mol. The van der Waals surface area contributed by atoms with Gasteiger partial charge in [0.15, 0.2) is 5.78 Å². The van der Waals surface area contributed by atoms with E-state index in [0.717, 1.165) is 0 Å². The fourth-order valence-electron chi connectivity index (χ4n) is 0.821. The molecule has 1 aliphatic carbocycles. The third-order valence-electron chi connectivity index (χ3n) is 1.42. The summed E-state index contributed by atoms with van der Waals surface area (Å²) in [5.41, 5.74) is 4.66. The molecule has 50 valence electrons. The van der Waals surface area contributed by atoms with Crippen molar-refractivity contribution in [1.29, 1.82) is 0 Å². The summed E-state index contributed by atoms with van der Waals surface area (Å²) in [5.74, 6) is -0.106. The molecular formula is C6H9NO2. The van der Waals surface area contributed by atoms with E-state index in [2.05, 4.69) is 0 Å². The first-order valence-electron chi connectivity index (χ1n) is 2.75. The third-order valence-corrected chi connectivity index (χ3v) is 1.42. The predicted octanol–water partition coefficient (Wildman–Crippen LogP) is 0.118. The predicted molar refractivity (Wildman–Crippen MR) is 32.9 cm³/mol. The van der Waals surface area contributed by atoms with E-state index in [1.54, 1.807) is 6.92 Å². The van der Waals surface area contributed by atoms with Crippen LogP contribution in [0.15, 0.2) is 11.8 Å². The fraction of sp³-hybridized carbons (Fsp3) is 0.500. The summed E-state index contributed by atoms with van der Waals surface area (Å²) < 4.78 is 0. The average Bonchev–Trinajstić information content (AvgIpc) is 1.79. The molecule has 0 amide bonds. The average molecular weight is 127 g/mol. The Kier molecular flexibility index (Phi) is 1.10. The molecule has 0 saturated heterocycles. The number of carbonyl (C=O) groups is 1.